The molecular formula is C7H5N3O2S. The molecule has 2 heterocycles. The van der Waals surface area contributed by atoms with Crippen LogP contribution in [0.5, 0.6) is 0 Å². The van der Waals surface area contributed by atoms with Crippen molar-refractivity contribution in [2.45, 2.75) is 0 Å². The molecule has 0 saturated heterocycles. The molecule has 0 aliphatic carbocycles. The third-order valence-corrected chi connectivity index (χ3v) is 1.66. The number of aromatic nitrogens is 3. The molecule has 2 rings (SSSR count). The molecule has 0 saturated carbocycles. The molecule has 2 N–H and O–H groups in total. The first-order valence-corrected chi connectivity index (χ1v) is 3.92. The minimum Gasteiger partial charge on any atom is -0.409 e. The van der Waals surface area contributed by atoms with Crippen LogP contribution in [0.1, 0.15) is 0 Å². The number of pyridine rings is 1. The van der Waals surface area contributed by atoms with Crippen LogP contribution < -0.4 is 5.56 Å². The van der Waals surface area contributed by atoms with Crippen molar-refractivity contribution in [1.82, 2.24) is 15.2 Å². The zero-order valence-corrected chi connectivity index (χ0v) is 7.22. The number of aromatic amines is 2. The molecule has 5 nitrogen and oxygen atoms in total. The summed E-state index contributed by atoms with van der Waals surface area (Å²) in [6.07, 6.45) is 1.53. The summed E-state index contributed by atoms with van der Waals surface area (Å²) in [5.74, 6) is 0.201. The van der Waals surface area contributed by atoms with Crippen molar-refractivity contribution >= 4 is 12.2 Å². The van der Waals surface area contributed by atoms with Crippen LogP contribution >= 0.6 is 12.2 Å². The molecule has 0 spiro atoms. The fraction of sp³-hybridized carbons (Fsp3) is 0. The van der Waals surface area contributed by atoms with Gasteiger partial charge >= 0.3 is 0 Å². The maximum Gasteiger partial charge on any atom is 0.284 e. The molecule has 0 aliphatic heterocycles. The topological polar surface area (TPSA) is 74.7 Å². The molecule has 66 valence electrons. The van der Waals surface area contributed by atoms with Crippen LogP contribution in [0.2, 0.25) is 0 Å². The minimum absolute atomic E-state index is 0.151. The Kier molecular flexibility index (Phi) is 1.82. The van der Waals surface area contributed by atoms with Gasteiger partial charge in [-0.2, -0.15) is 0 Å². The van der Waals surface area contributed by atoms with E-state index in [9.17, 15) is 4.79 Å². The lowest BCUT2D eigenvalue weighted by Gasteiger charge is -1.89. The number of nitrogens with zero attached hydrogens (tertiary/aromatic N) is 1. The van der Waals surface area contributed by atoms with Gasteiger partial charge in [-0.25, -0.2) is 5.10 Å². The van der Waals surface area contributed by atoms with Crippen LogP contribution in [-0.4, -0.2) is 15.2 Å². The molecule has 6 heteroatoms. The van der Waals surface area contributed by atoms with E-state index in [0.717, 1.165) is 0 Å². The number of rotatable bonds is 1. The highest BCUT2D eigenvalue weighted by atomic mass is 32.1. The molecule has 2 aromatic heterocycles. The summed E-state index contributed by atoms with van der Waals surface area (Å²) in [6.45, 7) is 0. The maximum atomic E-state index is 11.2. The maximum absolute atomic E-state index is 11.2. The summed E-state index contributed by atoms with van der Waals surface area (Å²) in [7, 11) is 0. The molecule has 0 aromatic carbocycles. The average Bonchev–Trinajstić information content (AvgIpc) is 2.53. The van der Waals surface area contributed by atoms with Gasteiger partial charge in [0, 0.05) is 6.20 Å². The summed E-state index contributed by atoms with van der Waals surface area (Å²) >= 11 is 4.68. The largest absolute Gasteiger partial charge is 0.409 e. The zero-order chi connectivity index (χ0) is 9.26. The van der Waals surface area contributed by atoms with E-state index in [-0.39, 0.29) is 16.3 Å². The fourth-order valence-electron chi connectivity index (χ4n) is 0.935. The summed E-state index contributed by atoms with van der Waals surface area (Å²) in [6, 6.07) is 3.29. The van der Waals surface area contributed by atoms with E-state index in [1.165, 1.54) is 6.20 Å². The molecule has 0 radical (unpaired) electrons. The molecule has 0 atom stereocenters. The Morgan fingerprint density at radius 2 is 2.38 bits per heavy atom. The first-order chi connectivity index (χ1) is 6.27. The van der Waals surface area contributed by atoms with Gasteiger partial charge in [0.2, 0.25) is 0 Å². The second-order valence-corrected chi connectivity index (χ2v) is 2.70. The smallest absolute Gasteiger partial charge is 0.284 e. The van der Waals surface area contributed by atoms with Gasteiger partial charge in [0.05, 0.1) is 0 Å². The summed E-state index contributed by atoms with van der Waals surface area (Å²) in [5, 5.41) is 6.17. The van der Waals surface area contributed by atoms with E-state index in [1.807, 2.05) is 0 Å². The number of H-pyrrole nitrogens is 2. The Bertz CT molecular complexity index is 525. The van der Waals surface area contributed by atoms with Gasteiger partial charge in [-0.15, -0.1) is 5.10 Å². The second kappa shape index (κ2) is 2.98. The lowest BCUT2D eigenvalue weighted by Crippen LogP contribution is -2.06. The lowest BCUT2D eigenvalue weighted by molar-refractivity contribution is 0.551. The molecule has 0 fully saturated rings. The normalized spacial score (nSPS) is 10.2. The predicted molar refractivity (Wildman–Crippen MR) is 47.7 cm³/mol. The van der Waals surface area contributed by atoms with E-state index in [0.29, 0.717) is 5.56 Å². The highest BCUT2D eigenvalue weighted by Crippen LogP contribution is 2.09. The molecule has 0 amide bonds. The van der Waals surface area contributed by atoms with Crippen LogP contribution in [0.25, 0.3) is 11.5 Å². The Morgan fingerprint density at radius 3 is 3.00 bits per heavy atom. The van der Waals surface area contributed by atoms with E-state index in [4.69, 9.17) is 4.42 Å². The van der Waals surface area contributed by atoms with Gasteiger partial charge in [-0.3, -0.25) is 4.79 Å². The van der Waals surface area contributed by atoms with Crippen molar-refractivity contribution in [2.24, 2.45) is 0 Å². The van der Waals surface area contributed by atoms with Crippen LogP contribution in [0.3, 0.4) is 0 Å². The standard InChI is InChI=1S/C7H5N3O2S/c11-5-4(2-1-3-8-5)6-9-10-7(13)12-6/h1-3H,(H,8,11)(H,10,13). The van der Waals surface area contributed by atoms with Crippen molar-refractivity contribution in [1.29, 1.82) is 0 Å². The summed E-state index contributed by atoms with van der Waals surface area (Å²) < 4.78 is 4.98. The van der Waals surface area contributed by atoms with Crippen LogP contribution in [0.4, 0.5) is 0 Å². The van der Waals surface area contributed by atoms with Gasteiger partial charge in [0.15, 0.2) is 0 Å². The average molecular weight is 195 g/mol. The Morgan fingerprint density at radius 1 is 1.54 bits per heavy atom. The number of hydrogen-bond acceptors (Lipinski definition) is 4. The molecular weight excluding hydrogens is 190 g/mol. The molecule has 0 bridgehead atoms. The van der Waals surface area contributed by atoms with Crippen molar-refractivity contribution in [3.05, 3.63) is 33.5 Å². The predicted octanol–water partition coefficient (Wildman–Crippen LogP) is 1.09. The Balaban J connectivity index is 2.65. The second-order valence-electron chi connectivity index (χ2n) is 2.33. The van der Waals surface area contributed by atoms with E-state index in [2.05, 4.69) is 27.4 Å². The van der Waals surface area contributed by atoms with Gasteiger partial charge in [0.25, 0.3) is 16.3 Å². The molecule has 2 aromatic rings. The van der Waals surface area contributed by atoms with E-state index >= 15 is 0 Å². The first kappa shape index (κ1) is 7.93. The third kappa shape index (κ3) is 1.43. The third-order valence-electron chi connectivity index (χ3n) is 1.49. The zero-order valence-electron chi connectivity index (χ0n) is 6.40. The molecule has 0 unspecified atom stereocenters. The number of hydrogen-bond donors (Lipinski definition) is 2. The van der Waals surface area contributed by atoms with Crippen LogP contribution in [0.15, 0.2) is 27.5 Å². The molecule has 0 aliphatic rings. The fourth-order valence-corrected chi connectivity index (χ4v) is 1.06. The highest BCUT2D eigenvalue weighted by Gasteiger charge is 2.06. The van der Waals surface area contributed by atoms with Crippen molar-refractivity contribution in [2.75, 3.05) is 0 Å². The number of nitrogens with one attached hydrogen (secondary N) is 2. The van der Waals surface area contributed by atoms with Gasteiger partial charge in [-0.1, -0.05) is 0 Å². The quantitative estimate of drug-likeness (QED) is 0.668. The van der Waals surface area contributed by atoms with Crippen LogP contribution in [-0.2, 0) is 0 Å². The van der Waals surface area contributed by atoms with Gasteiger partial charge in [-0.05, 0) is 24.4 Å². The molecule has 13 heavy (non-hydrogen) atoms. The Labute approximate surface area is 77.4 Å². The first-order valence-electron chi connectivity index (χ1n) is 3.51. The van der Waals surface area contributed by atoms with E-state index in [1.54, 1.807) is 12.1 Å². The van der Waals surface area contributed by atoms with Gasteiger partial charge in [0.1, 0.15) is 5.56 Å². The van der Waals surface area contributed by atoms with Gasteiger partial charge < -0.3 is 9.40 Å². The van der Waals surface area contributed by atoms with Crippen molar-refractivity contribution in [3.63, 3.8) is 0 Å². The summed E-state index contributed by atoms with van der Waals surface area (Å²) in [5.41, 5.74) is 0.0996. The van der Waals surface area contributed by atoms with Crippen LogP contribution in [0, 0.1) is 4.84 Å². The van der Waals surface area contributed by atoms with E-state index < -0.39 is 0 Å². The highest BCUT2D eigenvalue weighted by molar-refractivity contribution is 7.71. The Hall–Kier alpha value is -1.69. The minimum atomic E-state index is -0.257. The van der Waals surface area contributed by atoms with Crippen molar-refractivity contribution in [3.8, 4) is 11.5 Å². The SMILES string of the molecule is O=c1[nH]cccc1-c1n[nH]c(=S)o1. The van der Waals surface area contributed by atoms with Crippen molar-refractivity contribution < 1.29 is 4.42 Å². The monoisotopic (exact) mass is 195 g/mol. The summed E-state index contributed by atoms with van der Waals surface area (Å²) in [4.78, 5) is 13.9. The lowest BCUT2D eigenvalue weighted by atomic mass is 10.3.